The topological polar surface area (TPSA) is 70.4 Å². The molecule has 120 valence electrons. The highest BCUT2D eigenvalue weighted by atomic mass is 32.1. The maximum absolute atomic E-state index is 10.6. The van der Waals surface area contributed by atoms with Crippen molar-refractivity contribution in [3.8, 4) is 0 Å². The van der Waals surface area contributed by atoms with Crippen LogP contribution in [-0.4, -0.2) is 41.1 Å². The van der Waals surface area contributed by atoms with Gasteiger partial charge in [-0.3, -0.25) is 10.1 Å². The summed E-state index contributed by atoms with van der Waals surface area (Å²) in [6, 6.07) is 6.22. The van der Waals surface area contributed by atoms with Crippen molar-refractivity contribution in [1.29, 1.82) is 0 Å². The van der Waals surface area contributed by atoms with Gasteiger partial charge in [0.05, 0.1) is 4.92 Å². The van der Waals surface area contributed by atoms with Crippen LogP contribution in [0, 0.1) is 10.1 Å². The van der Waals surface area contributed by atoms with Gasteiger partial charge in [-0.1, -0.05) is 6.42 Å². The number of rotatable bonds is 6. The highest BCUT2D eigenvalue weighted by Gasteiger charge is 2.09. The van der Waals surface area contributed by atoms with Crippen molar-refractivity contribution in [2.24, 2.45) is 0 Å². The fourth-order valence-corrected chi connectivity index (χ4v) is 2.75. The second-order valence-electron chi connectivity index (χ2n) is 5.44. The summed E-state index contributed by atoms with van der Waals surface area (Å²) in [4.78, 5) is 12.7. The lowest BCUT2D eigenvalue weighted by Gasteiger charge is -2.26. The van der Waals surface area contributed by atoms with Crippen LogP contribution in [0.1, 0.15) is 25.7 Å². The number of likely N-dealkylation sites (tertiary alicyclic amines) is 1. The molecule has 1 aliphatic rings. The van der Waals surface area contributed by atoms with E-state index in [2.05, 4.69) is 15.5 Å². The predicted molar refractivity (Wildman–Crippen MR) is 92.2 cm³/mol. The predicted octanol–water partition coefficient (Wildman–Crippen LogP) is 2.76. The first-order valence-corrected chi connectivity index (χ1v) is 8.07. The molecule has 1 saturated heterocycles. The summed E-state index contributed by atoms with van der Waals surface area (Å²) >= 11 is 5.22. The van der Waals surface area contributed by atoms with Crippen molar-refractivity contribution in [3.63, 3.8) is 0 Å². The third kappa shape index (κ3) is 5.57. The van der Waals surface area contributed by atoms with Crippen LogP contribution in [0.3, 0.4) is 0 Å². The fourth-order valence-electron chi connectivity index (χ4n) is 2.53. The minimum absolute atomic E-state index is 0.0750. The monoisotopic (exact) mass is 322 g/mol. The van der Waals surface area contributed by atoms with E-state index in [1.54, 1.807) is 12.1 Å². The lowest BCUT2D eigenvalue weighted by molar-refractivity contribution is -0.384. The summed E-state index contributed by atoms with van der Waals surface area (Å²) in [5.74, 6) is 0. The van der Waals surface area contributed by atoms with Gasteiger partial charge in [0.2, 0.25) is 0 Å². The summed E-state index contributed by atoms with van der Waals surface area (Å²) in [6.45, 7) is 4.36. The average molecular weight is 322 g/mol. The number of non-ortho nitro benzene ring substituents is 1. The summed E-state index contributed by atoms with van der Waals surface area (Å²) < 4.78 is 0. The molecular weight excluding hydrogens is 300 g/mol. The maximum Gasteiger partial charge on any atom is 0.269 e. The molecule has 0 aromatic heterocycles. The first-order valence-electron chi connectivity index (χ1n) is 7.67. The molecule has 0 aliphatic carbocycles. The Kier molecular flexibility index (Phi) is 6.54. The molecule has 7 heteroatoms. The molecule has 22 heavy (non-hydrogen) atoms. The molecule has 2 rings (SSSR count). The van der Waals surface area contributed by atoms with E-state index < -0.39 is 4.92 Å². The van der Waals surface area contributed by atoms with E-state index in [4.69, 9.17) is 12.2 Å². The highest BCUT2D eigenvalue weighted by Crippen LogP contribution is 2.15. The van der Waals surface area contributed by atoms with Crippen molar-refractivity contribution in [1.82, 2.24) is 10.2 Å². The molecule has 1 aromatic carbocycles. The molecule has 0 atom stereocenters. The number of thiocarbonyl (C=S) groups is 1. The van der Waals surface area contributed by atoms with Gasteiger partial charge in [0, 0.05) is 24.4 Å². The summed E-state index contributed by atoms with van der Waals surface area (Å²) in [5, 5.41) is 17.3. The Balaban J connectivity index is 1.63. The van der Waals surface area contributed by atoms with Crippen LogP contribution < -0.4 is 10.6 Å². The van der Waals surface area contributed by atoms with Gasteiger partial charge in [-0.15, -0.1) is 0 Å². The van der Waals surface area contributed by atoms with E-state index in [1.807, 2.05) is 0 Å². The van der Waals surface area contributed by atoms with E-state index in [1.165, 1.54) is 44.5 Å². The zero-order chi connectivity index (χ0) is 15.8. The Morgan fingerprint density at radius 2 is 1.91 bits per heavy atom. The summed E-state index contributed by atoms with van der Waals surface area (Å²) in [6.07, 6.45) is 5.04. The van der Waals surface area contributed by atoms with Crippen LogP contribution in [0.2, 0.25) is 0 Å². The maximum atomic E-state index is 10.6. The van der Waals surface area contributed by atoms with Gasteiger partial charge in [-0.05, 0) is 63.2 Å². The molecule has 0 amide bonds. The van der Waals surface area contributed by atoms with E-state index in [-0.39, 0.29) is 5.69 Å². The van der Waals surface area contributed by atoms with Crippen LogP contribution in [0.15, 0.2) is 24.3 Å². The quantitative estimate of drug-likeness (QED) is 0.363. The number of nitrogens with zero attached hydrogens (tertiary/aromatic N) is 2. The molecule has 1 fully saturated rings. The third-order valence-corrected chi connectivity index (χ3v) is 3.97. The van der Waals surface area contributed by atoms with Gasteiger partial charge in [0.25, 0.3) is 5.69 Å². The van der Waals surface area contributed by atoms with Gasteiger partial charge in [0.1, 0.15) is 0 Å². The van der Waals surface area contributed by atoms with Crippen molar-refractivity contribution in [3.05, 3.63) is 34.4 Å². The largest absolute Gasteiger partial charge is 0.362 e. The normalized spacial score (nSPS) is 15.3. The third-order valence-electron chi connectivity index (χ3n) is 3.72. The fraction of sp³-hybridized carbons (Fsp3) is 0.533. The van der Waals surface area contributed by atoms with Crippen LogP contribution in [-0.2, 0) is 0 Å². The summed E-state index contributed by atoms with van der Waals surface area (Å²) in [7, 11) is 0. The van der Waals surface area contributed by atoms with Crippen molar-refractivity contribution in [2.45, 2.75) is 25.7 Å². The Morgan fingerprint density at radius 3 is 2.55 bits per heavy atom. The van der Waals surface area contributed by atoms with Crippen LogP contribution in [0.5, 0.6) is 0 Å². The molecule has 1 heterocycles. The molecule has 0 bridgehead atoms. The van der Waals surface area contributed by atoms with Crippen molar-refractivity contribution >= 4 is 28.7 Å². The van der Waals surface area contributed by atoms with Gasteiger partial charge in [0.15, 0.2) is 5.11 Å². The Bertz CT molecular complexity index is 501. The number of hydrogen-bond acceptors (Lipinski definition) is 4. The lowest BCUT2D eigenvalue weighted by Crippen LogP contribution is -2.34. The smallest absolute Gasteiger partial charge is 0.269 e. The second-order valence-corrected chi connectivity index (χ2v) is 5.85. The second kappa shape index (κ2) is 8.65. The molecule has 0 spiro atoms. The number of anilines is 1. The minimum Gasteiger partial charge on any atom is -0.362 e. The Labute approximate surface area is 136 Å². The van der Waals surface area contributed by atoms with Gasteiger partial charge < -0.3 is 15.5 Å². The Hall–Kier alpha value is -1.73. The number of hydrogen-bond donors (Lipinski definition) is 2. The van der Waals surface area contributed by atoms with E-state index in [0.717, 1.165) is 25.2 Å². The van der Waals surface area contributed by atoms with Crippen LogP contribution in [0.4, 0.5) is 11.4 Å². The molecular formula is C15H22N4O2S. The van der Waals surface area contributed by atoms with E-state index >= 15 is 0 Å². The number of benzene rings is 1. The van der Waals surface area contributed by atoms with Crippen molar-refractivity contribution < 1.29 is 4.92 Å². The first kappa shape index (κ1) is 16.6. The zero-order valence-electron chi connectivity index (χ0n) is 12.6. The standard InChI is InChI=1S/C15H22N4O2S/c20-19(21)14-7-5-13(6-8-14)17-15(22)16-9-4-12-18-10-2-1-3-11-18/h5-8H,1-4,9-12H2,(H2,16,17,22). The van der Waals surface area contributed by atoms with Crippen LogP contribution >= 0.6 is 12.2 Å². The zero-order valence-corrected chi connectivity index (χ0v) is 13.4. The summed E-state index contributed by atoms with van der Waals surface area (Å²) in [5.41, 5.74) is 0.824. The van der Waals surface area contributed by atoms with Gasteiger partial charge in [-0.2, -0.15) is 0 Å². The lowest BCUT2D eigenvalue weighted by atomic mass is 10.1. The molecule has 1 aliphatic heterocycles. The van der Waals surface area contributed by atoms with E-state index in [9.17, 15) is 10.1 Å². The number of nitro benzene ring substituents is 1. The van der Waals surface area contributed by atoms with Crippen LogP contribution in [0.25, 0.3) is 0 Å². The molecule has 0 radical (unpaired) electrons. The number of nitrogens with one attached hydrogen (secondary N) is 2. The SMILES string of the molecule is O=[N+]([O-])c1ccc(NC(=S)NCCCN2CCCCC2)cc1. The molecule has 0 unspecified atom stereocenters. The first-order chi connectivity index (χ1) is 10.6. The van der Waals surface area contributed by atoms with E-state index in [0.29, 0.717) is 5.11 Å². The molecule has 6 nitrogen and oxygen atoms in total. The molecule has 0 saturated carbocycles. The average Bonchev–Trinajstić information content (AvgIpc) is 2.53. The van der Waals surface area contributed by atoms with Gasteiger partial charge in [-0.25, -0.2) is 0 Å². The van der Waals surface area contributed by atoms with Gasteiger partial charge >= 0.3 is 0 Å². The highest BCUT2D eigenvalue weighted by molar-refractivity contribution is 7.80. The number of nitro groups is 1. The molecule has 2 N–H and O–H groups in total. The molecule has 1 aromatic rings. The Morgan fingerprint density at radius 1 is 1.23 bits per heavy atom. The minimum atomic E-state index is -0.416. The number of piperidine rings is 1. The van der Waals surface area contributed by atoms with Crippen molar-refractivity contribution in [2.75, 3.05) is 31.5 Å².